The maximum absolute atomic E-state index is 12.3. The first-order chi connectivity index (χ1) is 8.14. The average molecular weight is 238 g/mol. The minimum absolute atomic E-state index is 0.198. The molecule has 0 aromatic heterocycles. The summed E-state index contributed by atoms with van der Waals surface area (Å²) in [4.78, 5) is 14.4. The molecule has 0 heterocycles. The summed E-state index contributed by atoms with van der Waals surface area (Å²) in [5, 5.41) is 0. The predicted molar refractivity (Wildman–Crippen MR) is 69.6 cm³/mol. The molecule has 17 heavy (non-hydrogen) atoms. The standard InChI is InChI=1S/C14H26N2O/c1-2-10-16(12-6-7-12)13(17)11-14(15)8-4-3-5-9-14/h12H,2-11,15H2,1H3. The van der Waals surface area contributed by atoms with Gasteiger partial charge in [0.05, 0.1) is 0 Å². The number of amides is 1. The van der Waals surface area contributed by atoms with Gasteiger partial charge >= 0.3 is 0 Å². The molecule has 2 aliphatic carbocycles. The molecule has 2 fully saturated rings. The van der Waals surface area contributed by atoms with Crippen molar-refractivity contribution in [2.75, 3.05) is 6.54 Å². The molecule has 0 aliphatic heterocycles. The second-order valence-electron chi connectivity index (χ2n) is 5.92. The van der Waals surface area contributed by atoms with E-state index in [1.165, 1.54) is 32.1 Å². The molecular formula is C14H26N2O. The third kappa shape index (κ3) is 3.44. The van der Waals surface area contributed by atoms with Crippen molar-refractivity contribution in [2.45, 2.75) is 76.3 Å². The predicted octanol–water partition coefficient (Wildman–Crippen LogP) is 2.44. The second-order valence-corrected chi connectivity index (χ2v) is 5.92. The van der Waals surface area contributed by atoms with E-state index < -0.39 is 0 Å². The van der Waals surface area contributed by atoms with Crippen LogP contribution < -0.4 is 5.73 Å². The average Bonchev–Trinajstić information content (AvgIpc) is 3.10. The van der Waals surface area contributed by atoms with Gasteiger partial charge in [-0.1, -0.05) is 26.2 Å². The fourth-order valence-electron chi connectivity index (χ4n) is 2.97. The first kappa shape index (κ1) is 12.9. The van der Waals surface area contributed by atoms with Crippen LogP contribution in [0.5, 0.6) is 0 Å². The minimum Gasteiger partial charge on any atom is -0.340 e. The maximum Gasteiger partial charge on any atom is 0.224 e. The Labute approximate surface area is 105 Å². The molecule has 0 aromatic carbocycles. The molecule has 0 atom stereocenters. The van der Waals surface area contributed by atoms with Crippen molar-refractivity contribution in [1.82, 2.24) is 4.90 Å². The fourth-order valence-corrected chi connectivity index (χ4v) is 2.97. The number of carbonyl (C=O) groups is 1. The van der Waals surface area contributed by atoms with Crippen LogP contribution in [0, 0.1) is 0 Å². The van der Waals surface area contributed by atoms with E-state index in [9.17, 15) is 4.79 Å². The molecule has 0 saturated heterocycles. The van der Waals surface area contributed by atoms with Gasteiger partial charge in [-0.25, -0.2) is 0 Å². The van der Waals surface area contributed by atoms with E-state index in [0.29, 0.717) is 18.4 Å². The summed E-state index contributed by atoms with van der Waals surface area (Å²) in [5.41, 5.74) is 6.17. The van der Waals surface area contributed by atoms with Crippen LogP contribution in [0.3, 0.4) is 0 Å². The summed E-state index contributed by atoms with van der Waals surface area (Å²) < 4.78 is 0. The van der Waals surface area contributed by atoms with E-state index in [4.69, 9.17) is 5.73 Å². The molecule has 2 N–H and O–H groups in total. The number of nitrogens with two attached hydrogens (primary N) is 1. The quantitative estimate of drug-likeness (QED) is 0.799. The zero-order valence-electron chi connectivity index (χ0n) is 11.1. The van der Waals surface area contributed by atoms with Crippen LogP contribution in [-0.4, -0.2) is 28.9 Å². The van der Waals surface area contributed by atoms with Gasteiger partial charge in [0.1, 0.15) is 0 Å². The summed E-state index contributed by atoms with van der Waals surface area (Å²) in [6.07, 6.45) is 9.76. The summed E-state index contributed by atoms with van der Waals surface area (Å²) in [6, 6.07) is 0.537. The molecule has 0 bridgehead atoms. The number of hydrogen-bond acceptors (Lipinski definition) is 2. The molecule has 1 amide bonds. The molecular weight excluding hydrogens is 212 g/mol. The number of rotatable bonds is 5. The van der Waals surface area contributed by atoms with Crippen molar-refractivity contribution in [3.05, 3.63) is 0 Å². The Kier molecular flexibility index (Phi) is 4.08. The minimum atomic E-state index is -0.198. The van der Waals surface area contributed by atoms with E-state index >= 15 is 0 Å². The summed E-state index contributed by atoms with van der Waals surface area (Å²) >= 11 is 0. The van der Waals surface area contributed by atoms with Crippen LogP contribution in [-0.2, 0) is 4.79 Å². The summed E-state index contributed by atoms with van der Waals surface area (Å²) in [5.74, 6) is 0.304. The first-order valence-corrected chi connectivity index (χ1v) is 7.23. The van der Waals surface area contributed by atoms with Gasteiger partial charge in [-0.05, 0) is 32.1 Å². The van der Waals surface area contributed by atoms with Crippen LogP contribution in [0.1, 0.15) is 64.7 Å². The van der Waals surface area contributed by atoms with Crippen molar-refractivity contribution in [3.8, 4) is 0 Å². The maximum atomic E-state index is 12.3. The van der Waals surface area contributed by atoms with Gasteiger partial charge in [0.25, 0.3) is 0 Å². The Balaban J connectivity index is 1.89. The Morgan fingerprint density at radius 3 is 2.47 bits per heavy atom. The van der Waals surface area contributed by atoms with E-state index in [0.717, 1.165) is 25.8 Å². The van der Waals surface area contributed by atoms with Crippen molar-refractivity contribution in [2.24, 2.45) is 5.73 Å². The second kappa shape index (κ2) is 5.38. The molecule has 0 spiro atoms. The topological polar surface area (TPSA) is 46.3 Å². The van der Waals surface area contributed by atoms with Gasteiger partial charge in [-0.15, -0.1) is 0 Å². The highest BCUT2D eigenvalue weighted by Crippen LogP contribution is 2.32. The lowest BCUT2D eigenvalue weighted by atomic mass is 9.80. The summed E-state index contributed by atoms with van der Waals surface area (Å²) in [6.45, 7) is 3.06. The fraction of sp³-hybridized carbons (Fsp3) is 0.929. The highest BCUT2D eigenvalue weighted by atomic mass is 16.2. The zero-order valence-corrected chi connectivity index (χ0v) is 11.1. The largest absolute Gasteiger partial charge is 0.340 e. The van der Waals surface area contributed by atoms with Gasteiger partial charge in [-0.3, -0.25) is 4.79 Å². The molecule has 3 heteroatoms. The lowest BCUT2D eigenvalue weighted by molar-refractivity contribution is -0.133. The van der Waals surface area contributed by atoms with Crippen LogP contribution in [0.15, 0.2) is 0 Å². The van der Waals surface area contributed by atoms with Gasteiger partial charge in [0, 0.05) is 24.5 Å². The van der Waals surface area contributed by atoms with Crippen LogP contribution in [0.2, 0.25) is 0 Å². The Bertz CT molecular complexity index is 267. The first-order valence-electron chi connectivity index (χ1n) is 7.23. The molecule has 98 valence electrons. The molecule has 2 aliphatic rings. The third-order valence-electron chi connectivity index (χ3n) is 4.13. The van der Waals surface area contributed by atoms with E-state index in [2.05, 4.69) is 11.8 Å². The molecule has 2 saturated carbocycles. The molecule has 3 nitrogen and oxygen atoms in total. The van der Waals surface area contributed by atoms with Gasteiger partial charge in [-0.2, -0.15) is 0 Å². The Hall–Kier alpha value is -0.570. The van der Waals surface area contributed by atoms with Gasteiger partial charge in [0.2, 0.25) is 5.91 Å². The normalized spacial score (nSPS) is 23.4. The molecule has 2 rings (SSSR count). The number of nitrogens with zero attached hydrogens (tertiary/aromatic N) is 1. The Morgan fingerprint density at radius 1 is 1.29 bits per heavy atom. The van der Waals surface area contributed by atoms with E-state index in [-0.39, 0.29) is 5.54 Å². The van der Waals surface area contributed by atoms with Crippen LogP contribution >= 0.6 is 0 Å². The zero-order chi connectivity index (χ0) is 12.3. The Morgan fingerprint density at radius 2 is 1.94 bits per heavy atom. The molecule has 0 unspecified atom stereocenters. The lowest BCUT2D eigenvalue weighted by Crippen LogP contribution is -2.47. The number of carbonyl (C=O) groups excluding carboxylic acids is 1. The lowest BCUT2D eigenvalue weighted by Gasteiger charge is -2.35. The van der Waals surface area contributed by atoms with Crippen molar-refractivity contribution >= 4 is 5.91 Å². The summed E-state index contributed by atoms with van der Waals surface area (Å²) in [7, 11) is 0. The van der Waals surface area contributed by atoms with Crippen LogP contribution in [0.4, 0.5) is 0 Å². The van der Waals surface area contributed by atoms with Crippen LogP contribution in [0.25, 0.3) is 0 Å². The highest BCUT2D eigenvalue weighted by molar-refractivity contribution is 5.78. The third-order valence-corrected chi connectivity index (χ3v) is 4.13. The van der Waals surface area contributed by atoms with Gasteiger partial charge < -0.3 is 10.6 Å². The monoisotopic (exact) mass is 238 g/mol. The van der Waals surface area contributed by atoms with E-state index in [1.807, 2.05) is 0 Å². The van der Waals surface area contributed by atoms with Gasteiger partial charge in [0.15, 0.2) is 0 Å². The van der Waals surface area contributed by atoms with Crippen molar-refractivity contribution in [3.63, 3.8) is 0 Å². The van der Waals surface area contributed by atoms with Crippen molar-refractivity contribution < 1.29 is 4.79 Å². The van der Waals surface area contributed by atoms with E-state index in [1.54, 1.807) is 0 Å². The number of hydrogen-bond donors (Lipinski definition) is 1. The molecule has 0 aromatic rings. The van der Waals surface area contributed by atoms with Crippen molar-refractivity contribution in [1.29, 1.82) is 0 Å². The smallest absolute Gasteiger partial charge is 0.224 e. The molecule has 0 radical (unpaired) electrons. The highest BCUT2D eigenvalue weighted by Gasteiger charge is 2.36. The SMILES string of the molecule is CCCN(C(=O)CC1(N)CCCCC1)C1CC1.